The van der Waals surface area contributed by atoms with Gasteiger partial charge in [-0.1, -0.05) is 0 Å². The maximum Gasteiger partial charge on any atom is 0.183 e. The van der Waals surface area contributed by atoms with Crippen molar-refractivity contribution in [1.82, 2.24) is 0 Å². The van der Waals surface area contributed by atoms with E-state index in [4.69, 9.17) is 20.4 Å². The van der Waals surface area contributed by atoms with Crippen LogP contribution in [0.4, 0.5) is 0 Å². The van der Waals surface area contributed by atoms with Gasteiger partial charge in [0, 0.05) is 0 Å². The number of aliphatic hydroxyl groups excluding tert-OH is 4. The zero-order valence-corrected chi connectivity index (χ0v) is 5.21. The molecule has 5 heteroatoms. The lowest BCUT2D eigenvalue weighted by molar-refractivity contribution is -0.252. The zero-order chi connectivity index (χ0) is 7.72. The highest BCUT2D eigenvalue weighted by molar-refractivity contribution is 4.81. The SMILES string of the molecule is O[C@H]1[C@H](O)[C@H](O)OC[C@H]1O. The Kier molecular flexibility index (Phi) is 2.22. The number of ether oxygens (including phenoxy) is 1. The van der Waals surface area contributed by atoms with Crippen molar-refractivity contribution in [3.05, 3.63) is 0 Å². The van der Waals surface area contributed by atoms with Gasteiger partial charge in [0.15, 0.2) is 6.29 Å². The van der Waals surface area contributed by atoms with Crippen LogP contribution in [-0.2, 0) is 4.74 Å². The van der Waals surface area contributed by atoms with Crippen molar-refractivity contribution in [2.75, 3.05) is 6.61 Å². The summed E-state index contributed by atoms with van der Waals surface area (Å²) in [4.78, 5) is 0. The number of aliphatic hydroxyl groups is 4. The van der Waals surface area contributed by atoms with E-state index in [1.807, 2.05) is 0 Å². The Morgan fingerprint density at radius 1 is 1.00 bits per heavy atom. The van der Waals surface area contributed by atoms with E-state index in [1.165, 1.54) is 0 Å². The summed E-state index contributed by atoms with van der Waals surface area (Å²) < 4.78 is 4.47. The van der Waals surface area contributed by atoms with E-state index in [9.17, 15) is 0 Å². The molecule has 0 bridgehead atoms. The summed E-state index contributed by atoms with van der Waals surface area (Å²) >= 11 is 0. The molecule has 0 unspecified atom stereocenters. The monoisotopic (exact) mass is 150 g/mol. The summed E-state index contributed by atoms with van der Waals surface area (Å²) in [6.07, 6.45) is -5.23. The predicted molar refractivity (Wildman–Crippen MR) is 30.0 cm³/mol. The van der Waals surface area contributed by atoms with Crippen molar-refractivity contribution >= 4 is 0 Å². The lowest BCUT2D eigenvalue weighted by Crippen LogP contribution is -2.52. The molecule has 0 spiro atoms. The molecule has 0 amide bonds. The zero-order valence-electron chi connectivity index (χ0n) is 5.21. The van der Waals surface area contributed by atoms with Gasteiger partial charge >= 0.3 is 0 Å². The number of hydrogen-bond donors (Lipinski definition) is 4. The molecule has 0 aromatic heterocycles. The molecule has 1 rings (SSSR count). The van der Waals surface area contributed by atoms with E-state index >= 15 is 0 Å². The third-order valence-electron chi connectivity index (χ3n) is 1.47. The molecular formula is C5H10O5. The molecule has 10 heavy (non-hydrogen) atoms. The molecular weight excluding hydrogens is 140 g/mol. The van der Waals surface area contributed by atoms with Crippen molar-refractivity contribution in [3.8, 4) is 0 Å². The summed E-state index contributed by atoms with van der Waals surface area (Å²) in [7, 11) is 0. The molecule has 4 atom stereocenters. The largest absolute Gasteiger partial charge is 0.388 e. The van der Waals surface area contributed by atoms with Crippen molar-refractivity contribution in [1.29, 1.82) is 0 Å². The van der Waals surface area contributed by atoms with Gasteiger partial charge in [0.1, 0.15) is 18.3 Å². The van der Waals surface area contributed by atoms with Gasteiger partial charge in [-0.15, -0.1) is 0 Å². The van der Waals surface area contributed by atoms with Crippen LogP contribution in [0.1, 0.15) is 0 Å². The first-order valence-electron chi connectivity index (χ1n) is 2.97. The fourth-order valence-electron chi connectivity index (χ4n) is 0.791. The molecule has 1 aliphatic rings. The molecule has 5 nitrogen and oxygen atoms in total. The van der Waals surface area contributed by atoms with E-state index in [0.29, 0.717) is 0 Å². The molecule has 0 aromatic carbocycles. The van der Waals surface area contributed by atoms with E-state index in [1.54, 1.807) is 0 Å². The molecule has 0 radical (unpaired) electrons. The Labute approximate surface area is 57.5 Å². The second-order valence-electron chi connectivity index (χ2n) is 2.27. The lowest BCUT2D eigenvalue weighted by Gasteiger charge is -2.31. The highest BCUT2D eigenvalue weighted by Gasteiger charge is 2.36. The minimum atomic E-state index is -1.41. The second-order valence-corrected chi connectivity index (χ2v) is 2.27. The number of hydrogen-bond acceptors (Lipinski definition) is 5. The highest BCUT2D eigenvalue weighted by atomic mass is 16.6. The van der Waals surface area contributed by atoms with Crippen molar-refractivity contribution in [2.45, 2.75) is 24.6 Å². The van der Waals surface area contributed by atoms with Crippen LogP contribution in [0.2, 0.25) is 0 Å². The normalized spacial score (nSPS) is 49.2. The Bertz CT molecular complexity index is 103. The van der Waals surface area contributed by atoms with Gasteiger partial charge in [0.05, 0.1) is 6.61 Å². The van der Waals surface area contributed by atoms with Crippen LogP contribution in [0.3, 0.4) is 0 Å². The van der Waals surface area contributed by atoms with E-state index < -0.39 is 24.6 Å². The maximum absolute atomic E-state index is 8.88. The van der Waals surface area contributed by atoms with E-state index in [2.05, 4.69) is 4.74 Å². The van der Waals surface area contributed by atoms with Crippen LogP contribution < -0.4 is 0 Å². The molecule has 1 heterocycles. The van der Waals surface area contributed by atoms with Gasteiger partial charge in [-0.25, -0.2) is 0 Å². The average molecular weight is 150 g/mol. The van der Waals surface area contributed by atoms with Gasteiger partial charge < -0.3 is 25.2 Å². The van der Waals surface area contributed by atoms with Gasteiger partial charge in [-0.3, -0.25) is 0 Å². The quantitative estimate of drug-likeness (QED) is 0.304. The molecule has 0 aromatic rings. The maximum atomic E-state index is 8.88. The first-order chi connectivity index (χ1) is 4.63. The van der Waals surface area contributed by atoms with Crippen LogP contribution in [-0.4, -0.2) is 51.6 Å². The summed E-state index contributed by atoms with van der Waals surface area (Å²) in [6, 6.07) is 0. The van der Waals surface area contributed by atoms with Crippen LogP contribution in [0.25, 0.3) is 0 Å². The smallest absolute Gasteiger partial charge is 0.183 e. The molecule has 4 N–H and O–H groups in total. The third kappa shape index (κ3) is 1.28. The van der Waals surface area contributed by atoms with Crippen LogP contribution >= 0.6 is 0 Å². The summed E-state index contributed by atoms with van der Waals surface area (Å²) in [5.74, 6) is 0. The van der Waals surface area contributed by atoms with Gasteiger partial charge in [-0.2, -0.15) is 0 Å². The molecule has 1 saturated heterocycles. The van der Waals surface area contributed by atoms with E-state index in [-0.39, 0.29) is 6.61 Å². The first kappa shape index (κ1) is 7.90. The average Bonchev–Trinajstić information content (AvgIpc) is 1.93. The summed E-state index contributed by atoms with van der Waals surface area (Å²) in [6.45, 7) is -0.153. The van der Waals surface area contributed by atoms with Crippen LogP contribution in [0.15, 0.2) is 0 Å². The van der Waals surface area contributed by atoms with Crippen LogP contribution in [0.5, 0.6) is 0 Å². The molecule has 0 aliphatic carbocycles. The van der Waals surface area contributed by atoms with Crippen molar-refractivity contribution < 1.29 is 25.2 Å². The highest BCUT2D eigenvalue weighted by Crippen LogP contribution is 2.12. The van der Waals surface area contributed by atoms with Crippen molar-refractivity contribution in [3.63, 3.8) is 0 Å². The molecule has 60 valence electrons. The minimum absolute atomic E-state index is 0.153. The minimum Gasteiger partial charge on any atom is -0.388 e. The third-order valence-corrected chi connectivity index (χ3v) is 1.47. The van der Waals surface area contributed by atoms with Crippen molar-refractivity contribution in [2.24, 2.45) is 0 Å². The molecule has 1 fully saturated rings. The number of rotatable bonds is 0. The fourth-order valence-corrected chi connectivity index (χ4v) is 0.791. The lowest BCUT2D eigenvalue weighted by atomic mass is 10.1. The van der Waals surface area contributed by atoms with Gasteiger partial charge in [0.2, 0.25) is 0 Å². The Hall–Kier alpha value is -0.200. The van der Waals surface area contributed by atoms with E-state index in [0.717, 1.165) is 0 Å². The van der Waals surface area contributed by atoms with Gasteiger partial charge in [-0.05, 0) is 0 Å². The van der Waals surface area contributed by atoms with Gasteiger partial charge in [0.25, 0.3) is 0 Å². The summed E-state index contributed by atoms with van der Waals surface area (Å²) in [5, 5.41) is 35.3. The fraction of sp³-hybridized carbons (Fsp3) is 1.00. The topological polar surface area (TPSA) is 90.2 Å². The predicted octanol–water partition coefficient (Wildman–Crippen LogP) is -2.58. The standard InChI is InChI=1S/C5H10O5/c6-2-1-10-5(9)4(8)3(2)7/h2-9H,1H2/t2-,3-,4+,5-/m1/s1. The first-order valence-corrected chi connectivity index (χ1v) is 2.97. The molecule has 1 aliphatic heterocycles. The Morgan fingerprint density at radius 3 is 2.10 bits per heavy atom. The Balaban J connectivity index is 2.52. The summed E-state index contributed by atoms with van der Waals surface area (Å²) in [5.41, 5.74) is 0. The Morgan fingerprint density at radius 2 is 1.60 bits per heavy atom. The van der Waals surface area contributed by atoms with Crippen LogP contribution in [0, 0.1) is 0 Å². The second kappa shape index (κ2) is 2.81. The molecule has 0 saturated carbocycles.